The molecule has 1 saturated heterocycles. The molecule has 9 heteroatoms. The number of carbonyl (C=O) groups excluding carboxylic acids is 1. The first-order chi connectivity index (χ1) is 15.8. The van der Waals surface area contributed by atoms with E-state index in [1.54, 1.807) is 29.5 Å². The lowest BCUT2D eigenvalue weighted by atomic mass is 10.2. The summed E-state index contributed by atoms with van der Waals surface area (Å²) in [5, 5.41) is 4.93. The monoisotopic (exact) mass is 490 g/mol. The van der Waals surface area contributed by atoms with Crippen molar-refractivity contribution >= 4 is 44.7 Å². The summed E-state index contributed by atoms with van der Waals surface area (Å²) in [6, 6.07) is 7.07. The maximum atomic E-state index is 13.1. The van der Waals surface area contributed by atoms with Gasteiger partial charge in [0.15, 0.2) is 0 Å². The number of rotatable bonds is 9. The molecule has 1 N–H and O–H groups in total. The Morgan fingerprint density at radius 3 is 2.39 bits per heavy atom. The second-order valence-electron chi connectivity index (χ2n) is 7.98. The molecular formula is C24H34N4O3S2. The number of sulfonamides is 1. The minimum atomic E-state index is -3.63. The quantitative estimate of drug-likeness (QED) is 0.540. The average Bonchev–Trinajstić information content (AvgIpc) is 3.23. The second kappa shape index (κ2) is 11.3. The second-order valence-corrected chi connectivity index (χ2v) is 10.9. The number of carbonyl (C=O) groups is 1. The highest BCUT2D eigenvalue weighted by molar-refractivity contribution is 7.89. The summed E-state index contributed by atoms with van der Waals surface area (Å²) in [4.78, 5) is 18.6. The number of likely N-dealkylation sites (N-methyl/N-ethyl adjacent to an activating group) is 1. The van der Waals surface area contributed by atoms with E-state index >= 15 is 0 Å². The van der Waals surface area contributed by atoms with Crippen LogP contribution in [0.4, 0.5) is 11.4 Å². The van der Waals surface area contributed by atoms with E-state index in [4.69, 9.17) is 0 Å². The van der Waals surface area contributed by atoms with Crippen molar-refractivity contribution in [3.63, 3.8) is 0 Å². The van der Waals surface area contributed by atoms with Gasteiger partial charge in [-0.2, -0.15) is 4.31 Å². The molecule has 1 fully saturated rings. The molecule has 180 valence electrons. The maximum absolute atomic E-state index is 13.1. The predicted molar refractivity (Wildman–Crippen MR) is 138 cm³/mol. The van der Waals surface area contributed by atoms with Gasteiger partial charge in [0.2, 0.25) is 15.9 Å². The molecule has 0 bridgehead atoms. The highest BCUT2D eigenvalue weighted by Gasteiger charge is 2.25. The van der Waals surface area contributed by atoms with Crippen molar-refractivity contribution in [1.29, 1.82) is 0 Å². The third-order valence-corrected chi connectivity index (χ3v) is 9.05. The van der Waals surface area contributed by atoms with E-state index in [-0.39, 0.29) is 10.8 Å². The molecule has 1 aliphatic heterocycles. The Bertz CT molecular complexity index is 1080. The van der Waals surface area contributed by atoms with E-state index in [9.17, 15) is 13.2 Å². The number of amides is 1. The number of thiophene rings is 1. The number of hydrogen-bond acceptors (Lipinski definition) is 6. The molecule has 0 radical (unpaired) electrons. The van der Waals surface area contributed by atoms with Gasteiger partial charge in [-0.25, -0.2) is 8.42 Å². The van der Waals surface area contributed by atoms with E-state index < -0.39 is 10.0 Å². The van der Waals surface area contributed by atoms with Crippen molar-refractivity contribution in [2.75, 3.05) is 56.0 Å². The fourth-order valence-corrected chi connectivity index (χ4v) is 6.25. The normalized spacial score (nSPS) is 15.5. The van der Waals surface area contributed by atoms with Crippen LogP contribution >= 0.6 is 11.3 Å². The average molecular weight is 491 g/mol. The van der Waals surface area contributed by atoms with Crippen LogP contribution in [-0.2, 0) is 14.8 Å². The SMILES string of the molecule is CCN1CCN(c2ccc(S(=O)(=O)N(CC)CC)cc2NC(=O)/C=C/c2sccc2C)CC1. The van der Waals surface area contributed by atoms with E-state index in [1.165, 1.54) is 10.4 Å². The van der Waals surface area contributed by atoms with Gasteiger partial charge < -0.3 is 15.1 Å². The lowest BCUT2D eigenvalue weighted by Crippen LogP contribution is -2.46. The number of anilines is 2. The molecule has 1 aromatic carbocycles. The molecule has 1 aliphatic rings. The van der Waals surface area contributed by atoms with Gasteiger partial charge in [0.05, 0.1) is 16.3 Å². The van der Waals surface area contributed by atoms with E-state index in [0.717, 1.165) is 48.9 Å². The largest absolute Gasteiger partial charge is 0.367 e. The number of benzene rings is 1. The zero-order valence-corrected chi connectivity index (χ0v) is 21.5. The van der Waals surface area contributed by atoms with Crippen LogP contribution in [0.25, 0.3) is 6.08 Å². The van der Waals surface area contributed by atoms with Crippen molar-refractivity contribution in [3.8, 4) is 0 Å². The van der Waals surface area contributed by atoms with Gasteiger partial charge in [-0.05, 0) is 54.8 Å². The summed E-state index contributed by atoms with van der Waals surface area (Å²) in [5.41, 5.74) is 2.48. The number of hydrogen-bond donors (Lipinski definition) is 1. The van der Waals surface area contributed by atoms with Gasteiger partial charge in [-0.15, -0.1) is 11.3 Å². The van der Waals surface area contributed by atoms with Crippen molar-refractivity contribution < 1.29 is 13.2 Å². The van der Waals surface area contributed by atoms with Crippen molar-refractivity contribution in [2.24, 2.45) is 0 Å². The van der Waals surface area contributed by atoms with Gasteiger partial charge in [0, 0.05) is 50.2 Å². The fraction of sp³-hybridized carbons (Fsp3) is 0.458. The number of nitrogens with one attached hydrogen (secondary N) is 1. The number of aryl methyl sites for hydroxylation is 1. The summed E-state index contributed by atoms with van der Waals surface area (Å²) < 4.78 is 27.6. The molecule has 2 aromatic rings. The minimum absolute atomic E-state index is 0.190. The smallest absolute Gasteiger partial charge is 0.248 e. The Kier molecular flexibility index (Phi) is 8.69. The van der Waals surface area contributed by atoms with Crippen LogP contribution in [0.1, 0.15) is 31.2 Å². The van der Waals surface area contributed by atoms with Crippen LogP contribution in [0.5, 0.6) is 0 Å². The number of nitrogens with zero attached hydrogens (tertiary/aromatic N) is 3. The third-order valence-electron chi connectivity index (χ3n) is 6.02. The molecule has 0 aliphatic carbocycles. The van der Waals surface area contributed by atoms with E-state index in [2.05, 4.69) is 22.0 Å². The molecule has 33 heavy (non-hydrogen) atoms. The third kappa shape index (κ3) is 6.03. The zero-order chi connectivity index (χ0) is 24.0. The molecule has 1 aromatic heterocycles. The minimum Gasteiger partial charge on any atom is -0.367 e. The first-order valence-corrected chi connectivity index (χ1v) is 13.8. The molecule has 7 nitrogen and oxygen atoms in total. The summed E-state index contributed by atoms with van der Waals surface area (Å²) >= 11 is 1.58. The summed E-state index contributed by atoms with van der Waals surface area (Å²) in [5.74, 6) is -0.284. The van der Waals surface area contributed by atoms with Crippen molar-refractivity contribution in [3.05, 3.63) is 46.2 Å². The Morgan fingerprint density at radius 1 is 1.12 bits per heavy atom. The Labute approximate surface area is 201 Å². The zero-order valence-electron chi connectivity index (χ0n) is 19.9. The lowest BCUT2D eigenvalue weighted by molar-refractivity contribution is -0.111. The standard InChI is InChI=1S/C24H34N4O3S2/c1-5-26-13-15-27(16-14-26)22-9-8-20(33(30,31)28(6-2)7-3)18-21(22)25-24(29)11-10-23-19(4)12-17-32-23/h8-12,17-18H,5-7,13-16H2,1-4H3,(H,25,29)/b11-10+. The van der Waals surface area contributed by atoms with Gasteiger partial charge in [0.1, 0.15) is 0 Å². The number of piperazine rings is 1. The summed E-state index contributed by atoms with van der Waals surface area (Å²) in [6.07, 6.45) is 3.30. The summed E-state index contributed by atoms with van der Waals surface area (Å²) in [7, 11) is -3.63. The lowest BCUT2D eigenvalue weighted by Gasteiger charge is -2.36. The van der Waals surface area contributed by atoms with Gasteiger partial charge in [-0.1, -0.05) is 20.8 Å². The van der Waals surface area contributed by atoms with Crippen molar-refractivity contribution in [1.82, 2.24) is 9.21 Å². The van der Waals surface area contributed by atoms with Gasteiger partial charge in [-0.3, -0.25) is 4.79 Å². The van der Waals surface area contributed by atoms with E-state index in [1.807, 2.05) is 38.3 Å². The van der Waals surface area contributed by atoms with Crippen LogP contribution in [0.3, 0.4) is 0 Å². The fourth-order valence-electron chi connectivity index (χ4n) is 3.95. The van der Waals surface area contributed by atoms with Crippen molar-refractivity contribution in [2.45, 2.75) is 32.6 Å². The molecule has 0 spiro atoms. The molecule has 0 atom stereocenters. The van der Waals surface area contributed by atoms with Crippen LogP contribution in [0.15, 0.2) is 40.6 Å². The molecule has 1 amide bonds. The molecule has 0 saturated carbocycles. The topological polar surface area (TPSA) is 73.0 Å². The first kappa shape index (κ1) is 25.4. The first-order valence-electron chi connectivity index (χ1n) is 11.4. The maximum Gasteiger partial charge on any atom is 0.248 e. The molecule has 0 unspecified atom stereocenters. The molecular weight excluding hydrogens is 456 g/mol. The Balaban J connectivity index is 1.92. The van der Waals surface area contributed by atoms with Gasteiger partial charge in [0.25, 0.3) is 0 Å². The van der Waals surface area contributed by atoms with E-state index in [0.29, 0.717) is 18.8 Å². The highest BCUT2D eigenvalue weighted by Crippen LogP contribution is 2.31. The Hall–Kier alpha value is -2.20. The molecule has 3 rings (SSSR count). The van der Waals surface area contributed by atoms with Crippen LogP contribution in [-0.4, -0.2) is 69.3 Å². The van der Waals surface area contributed by atoms with Crippen LogP contribution in [0, 0.1) is 6.92 Å². The van der Waals surface area contributed by atoms with Crippen LogP contribution in [0.2, 0.25) is 0 Å². The highest BCUT2D eigenvalue weighted by atomic mass is 32.2. The summed E-state index contributed by atoms with van der Waals surface area (Å²) in [6.45, 7) is 13.1. The van der Waals surface area contributed by atoms with Gasteiger partial charge >= 0.3 is 0 Å². The molecule has 2 heterocycles. The van der Waals surface area contributed by atoms with Crippen LogP contribution < -0.4 is 10.2 Å². The predicted octanol–water partition coefficient (Wildman–Crippen LogP) is 3.88. The Morgan fingerprint density at radius 2 is 1.82 bits per heavy atom.